The van der Waals surface area contributed by atoms with Crippen LogP contribution in [0.3, 0.4) is 0 Å². The molecule has 0 amide bonds. The van der Waals surface area contributed by atoms with Gasteiger partial charge in [0.1, 0.15) is 23.2 Å². The molecule has 0 aliphatic carbocycles. The largest absolute Gasteiger partial charge is 0.503 e. The van der Waals surface area contributed by atoms with E-state index in [0.717, 1.165) is 11.8 Å². The molecule has 0 aliphatic heterocycles. The number of benzene rings is 1. The van der Waals surface area contributed by atoms with Crippen molar-refractivity contribution in [2.24, 2.45) is 0 Å². The van der Waals surface area contributed by atoms with Crippen LogP contribution in [0.2, 0.25) is 0 Å². The topological polar surface area (TPSA) is 90.8 Å². The summed E-state index contributed by atoms with van der Waals surface area (Å²) in [6.45, 7) is 0. The zero-order valence-corrected chi connectivity index (χ0v) is 14.6. The van der Waals surface area contributed by atoms with Crippen LogP contribution in [0.1, 0.15) is 11.1 Å². The van der Waals surface area contributed by atoms with Gasteiger partial charge in [-0.05, 0) is 17.7 Å². The molecule has 1 N–H and O–H groups in total. The predicted molar refractivity (Wildman–Crippen MR) is 90.4 cm³/mol. The summed E-state index contributed by atoms with van der Waals surface area (Å²) < 4.78 is 15.8. The molecule has 0 atom stereocenters. The van der Waals surface area contributed by atoms with Gasteiger partial charge in [-0.3, -0.25) is 0 Å². The van der Waals surface area contributed by atoms with Crippen LogP contribution in [0.5, 0.6) is 17.5 Å². The molecular weight excluding hydrogens is 380 g/mol. The molecule has 7 nitrogen and oxygen atoms in total. The van der Waals surface area contributed by atoms with Crippen molar-refractivity contribution < 1.29 is 24.1 Å². The van der Waals surface area contributed by atoms with Gasteiger partial charge in [0, 0.05) is 5.33 Å². The fraction of sp³-hybridized carbons (Fsp3) is 0.188. The van der Waals surface area contributed by atoms with Crippen LogP contribution in [0, 0.1) is 0 Å². The Morgan fingerprint density at radius 1 is 1.29 bits per heavy atom. The van der Waals surface area contributed by atoms with Crippen LogP contribution in [0.15, 0.2) is 36.9 Å². The van der Waals surface area contributed by atoms with Gasteiger partial charge in [-0.2, -0.15) is 0 Å². The Bertz CT molecular complexity index is 764. The van der Waals surface area contributed by atoms with Gasteiger partial charge in [-0.15, -0.1) is 0 Å². The van der Waals surface area contributed by atoms with Crippen LogP contribution >= 0.6 is 15.9 Å². The molecule has 0 unspecified atom stereocenters. The maximum Gasteiger partial charge on any atom is 0.339 e. The van der Waals surface area contributed by atoms with E-state index in [1.54, 1.807) is 6.07 Å². The number of hydrogen-bond donors (Lipinski definition) is 1. The highest BCUT2D eigenvalue weighted by molar-refractivity contribution is 9.08. The van der Waals surface area contributed by atoms with Gasteiger partial charge in [0.15, 0.2) is 0 Å². The zero-order chi connectivity index (χ0) is 17.5. The Kier molecular flexibility index (Phi) is 6.14. The molecule has 1 aromatic heterocycles. The monoisotopic (exact) mass is 394 g/mol. The van der Waals surface area contributed by atoms with Crippen molar-refractivity contribution in [2.45, 2.75) is 5.33 Å². The number of carboxylic acid groups (broad SMARTS) is 1. The average Bonchev–Trinajstić information content (AvgIpc) is 2.59. The smallest absolute Gasteiger partial charge is 0.339 e. The average molecular weight is 395 g/mol. The molecule has 0 radical (unpaired) electrons. The number of ether oxygens (including phenoxy) is 3. The minimum atomic E-state index is -1.22. The standard InChI is InChI=1S/C16H15BrN2O5/c1-22-8-12(16(20)21)13-14(23-2)18-9-19-15(13)24-11-5-3-4-10(6-11)7-17/h3-6,8-9H,7H2,1-2H3,(H,20,21). The molecule has 24 heavy (non-hydrogen) atoms. The summed E-state index contributed by atoms with van der Waals surface area (Å²) in [4.78, 5) is 19.5. The lowest BCUT2D eigenvalue weighted by atomic mass is 10.1. The highest BCUT2D eigenvalue weighted by Crippen LogP contribution is 2.34. The lowest BCUT2D eigenvalue weighted by Crippen LogP contribution is -2.07. The van der Waals surface area contributed by atoms with Gasteiger partial charge in [-0.25, -0.2) is 14.8 Å². The molecule has 2 aromatic rings. The second-order valence-electron chi connectivity index (χ2n) is 4.52. The Balaban J connectivity index is 2.53. The molecule has 8 heteroatoms. The fourth-order valence-electron chi connectivity index (χ4n) is 1.95. The first-order valence-electron chi connectivity index (χ1n) is 6.79. The summed E-state index contributed by atoms with van der Waals surface area (Å²) in [7, 11) is 2.73. The highest BCUT2D eigenvalue weighted by atomic mass is 79.9. The van der Waals surface area contributed by atoms with E-state index in [2.05, 4.69) is 25.9 Å². The first kappa shape index (κ1) is 17.7. The van der Waals surface area contributed by atoms with Crippen LogP contribution < -0.4 is 9.47 Å². The number of hydrogen-bond acceptors (Lipinski definition) is 6. The molecule has 0 saturated carbocycles. The van der Waals surface area contributed by atoms with E-state index in [1.807, 2.05) is 18.2 Å². The lowest BCUT2D eigenvalue weighted by Gasteiger charge is -2.13. The third-order valence-electron chi connectivity index (χ3n) is 2.97. The summed E-state index contributed by atoms with van der Waals surface area (Å²) >= 11 is 3.37. The summed E-state index contributed by atoms with van der Waals surface area (Å²) in [5.74, 6) is -0.582. The molecule has 1 heterocycles. The number of alkyl halides is 1. The number of methoxy groups -OCH3 is 2. The molecule has 0 saturated heterocycles. The summed E-state index contributed by atoms with van der Waals surface area (Å²) in [6.07, 6.45) is 2.31. The van der Waals surface area contributed by atoms with E-state index in [0.29, 0.717) is 11.1 Å². The number of aliphatic carboxylic acids is 1. The first-order valence-corrected chi connectivity index (χ1v) is 7.91. The van der Waals surface area contributed by atoms with Crippen molar-refractivity contribution in [3.8, 4) is 17.5 Å². The van der Waals surface area contributed by atoms with E-state index in [-0.39, 0.29) is 22.9 Å². The predicted octanol–water partition coefficient (Wildman–Crippen LogP) is 3.24. The SMILES string of the molecule is COC=C(C(=O)O)c1c(OC)ncnc1Oc1cccc(CBr)c1. The van der Waals surface area contributed by atoms with E-state index < -0.39 is 5.97 Å². The Morgan fingerprint density at radius 3 is 2.67 bits per heavy atom. The molecule has 1 aromatic carbocycles. The Hall–Kier alpha value is -2.61. The number of rotatable bonds is 7. The molecule has 126 valence electrons. The molecule has 0 bridgehead atoms. The van der Waals surface area contributed by atoms with Gasteiger partial charge >= 0.3 is 5.97 Å². The molecule has 0 aliphatic rings. The van der Waals surface area contributed by atoms with Crippen molar-refractivity contribution in [3.63, 3.8) is 0 Å². The van der Waals surface area contributed by atoms with Crippen LogP contribution in [0.4, 0.5) is 0 Å². The highest BCUT2D eigenvalue weighted by Gasteiger charge is 2.24. The van der Waals surface area contributed by atoms with Crippen LogP contribution in [-0.2, 0) is 14.9 Å². The third kappa shape index (κ3) is 4.02. The maximum absolute atomic E-state index is 11.5. The summed E-state index contributed by atoms with van der Waals surface area (Å²) in [5.41, 5.74) is 0.918. The number of carbonyl (C=O) groups is 1. The van der Waals surface area contributed by atoms with Crippen LogP contribution in [0.25, 0.3) is 5.57 Å². The number of carboxylic acids is 1. The minimum absolute atomic E-state index is 0.0549. The zero-order valence-electron chi connectivity index (χ0n) is 13.0. The Morgan fingerprint density at radius 2 is 2.04 bits per heavy atom. The maximum atomic E-state index is 11.5. The van der Waals surface area contributed by atoms with E-state index in [1.165, 1.54) is 20.5 Å². The fourth-order valence-corrected chi connectivity index (χ4v) is 2.30. The van der Waals surface area contributed by atoms with Gasteiger partial charge in [-0.1, -0.05) is 28.1 Å². The molecule has 0 fully saturated rings. The van der Waals surface area contributed by atoms with Crippen molar-refractivity contribution >= 4 is 27.5 Å². The molecule has 2 rings (SSSR count). The van der Waals surface area contributed by atoms with E-state index in [9.17, 15) is 9.90 Å². The van der Waals surface area contributed by atoms with Crippen molar-refractivity contribution in [1.82, 2.24) is 9.97 Å². The first-order chi connectivity index (χ1) is 11.6. The quantitative estimate of drug-likeness (QED) is 0.437. The molecular formula is C16H15BrN2O5. The van der Waals surface area contributed by atoms with Gasteiger partial charge in [0.25, 0.3) is 0 Å². The second-order valence-corrected chi connectivity index (χ2v) is 5.08. The van der Waals surface area contributed by atoms with Gasteiger partial charge < -0.3 is 19.3 Å². The Labute approximate surface area is 147 Å². The number of nitrogens with zero attached hydrogens (tertiary/aromatic N) is 2. The lowest BCUT2D eigenvalue weighted by molar-refractivity contribution is -0.130. The molecule has 0 spiro atoms. The van der Waals surface area contributed by atoms with Crippen molar-refractivity contribution in [1.29, 1.82) is 0 Å². The summed E-state index contributed by atoms with van der Waals surface area (Å²) in [6, 6.07) is 7.31. The minimum Gasteiger partial charge on any atom is -0.503 e. The van der Waals surface area contributed by atoms with Gasteiger partial charge in [0.2, 0.25) is 11.8 Å². The van der Waals surface area contributed by atoms with E-state index in [4.69, 9.17) is 14.2 Å². The number of halogens is 1. The third-order valence-corrected chi connectivity index (χ3v) is 3.62. The second kappa shape index (κ2) is 8.30. The van der Waals surface area contributed by atoms with Crippen molar-refractivity contribution in [3.05, 3.63) is 48.0 Å². The normalized spacial score (nSPS) is 11.0. The number of aromatic nitrogens is 2. The van der Waals surface area contributed by atoms with E-state index >= 15 is 0 Å². The summed E-state index contributed by atoms with van der Waals surface area (Å²) in [5, 5.41) is 10.1. The van der Waals surface area contributed by atoms with Crippen molar-refractivity contribution in [2.75, 3.05) is 14.2 Å². The van der Waals surface area contributed by atoms with Gasteiger partial charge in [0.05, 0.1) is 20.5 Å². The van der Waals surface area contributed by atoms with Crippen LogP contribution in [-0.4, -0.2) is 35.3 Å².